The number of hydrazine groups is 1. The second-order valence-electron chi connectivity index (χ2n) is 4.77. The van der Waals surface area contributed by atoms with E-state index in [2.05, 4.69) is 5.43 Å². The van der Waals surface area contributed by atoms with Gasteiger partial charge in [-0.3, -0.25) is 15.0 Å². The standard InChI is InChI=1S/C16H12N2O3S2/c1-10-7-8-12(21-10)9-13-15(20)18(16(22)23-13)17-14(19)11-5-3-2-4-6-11/h2-9H,1H3,(H,17,19). The van der Waals surface area contributed by atoms with Gasteiger partial charge in [-0.25, -0.2) is 0 Å². The van der Waals surface area contributed by atoms with E-state index in [0.29, 0.717) is 16.2 Å². The molecule has 0 atom stereocenters. The summed E-state index contributed by atoms with van der Waals surface area (Å²) in [6.07, 6.45) is 1.61. The first-order chi connectivity index (χ1) is 11.0. The highest BCUT2D eigenvalue weighted by atomic mass is 32.2. The van der Waals surface area contributed by atoms with Crippen molar-refractivity contribution in [1.29, 1.82) is 0 Å². The van der Waals surface area contributed by atoms with Crippen molar-refractivity contribution in [1.82, 2.24) is 10.4 Å². The van der Waals surface area contributed by atoms with Crippen LogP contribution in [-0.4, -0.2) is 21.1 Å². The summed E-state index contributed by atoms with van der Waals surface area (Å²) in [5, 5.41) is 1.08. The molecule has 0 bridgehead atoms. The number of rotatable bonds is 3. The number of nitrogens with zero attached hydrogens (tertiary/aromatic N) is 1. The van der Waals surface area contributed by atoms with Gasteiger partial charge in [0.2, 0.25) is 0 Å². The molecule has 0 spiro atoms. The van der Waals surface area contributed by atoms with Crippen LogP contribution >= 0.6 is 24.0 Å². The minimum atomic E-state index is -0.392. The molecule has 2 aromatic rings. The summed E-state index contributed by atoms with van der Waals surface area (Å²) in [6.45, 7) is 1.82. The van der Waals surface area contributed by atoms with Gasteiger partial charge in [0.15, 0.2) is 4.32 Å². The van der Waals surface area contributed by atoms with E-state index >= 15 is 0 Å². The van der Waals surface area contributed by atoms with Crippen LogP contribution < -0.4 is 5.43 Å². The predicted molar refractivity (Wildman–Crippen MR) is 92.4 cm³/mol. The Morgan fingerprint density at radius 1 is 1.26 bits per heavy atom. The number of aryl methyl sites for hydroxylation is 1. The quantitative estimate of drug-likeness (QED) is 0.685. The largest absolute Gasteiger partial charge is 0.462 e. The topological polar surface area (TPSA) is 62.6 Å². The van der Waals surface area contributed by atoms with Crippen molar-refractivity contribution < 1.29 is 14.0 Å². The summed E-state index contributed by atoms with van der Waals surface area (Å²) in [5.74, 6) is 0.553. The third-order valence-corrected chi connectivity index (χ3v) is 4.38. The van der Waals surface area contributed by atoms with Crippen LogP contribution in [0.3, 0.4) is 0 Å². The lowest BCUT2D eigenvalue weighted by Gasteiger charge is -2.15. The molecule has 0 unspecified atom stereocenters. The first-order valence-electron chi connectivity index (χ1n) is 6.75. The summed E-state index contributed by atoms with van der Waals surface area (Å²) in [7, 11) is 0. The van der Waals surface area contributed by atoms with Crippen molar-refractivity contribution in [3.8, 4) is 0 Å². The van der Waals surface area contributed by atoms with Gasteiger partial charge in [-0.2, -0.15) is 5.01 Å². The minimum absolute atomic E-state index is 0.272. The fourth-order valence-corrected chi connectivity index (χ4v) is 3.14. The van der Waals surface area contributed by atoms with Crippen molar-refractivity contribution >= 4 is 46.2 Å². The Bertz CT molecular complexity index is 812. The molecule has 23 heavy (non-hydrogen) atoms. The second kappa shape index (κ2) is 6.39. The van der Waals surface area contributed by atoms with Crippen LogP contribution in [0.4, 0.5) is 0 Å². The molecule has 3 rings (SSSR count). The Morgan fingerprint density at radius 2 is 2.00 bits per heavy atom. The van der Waals surface area contributed by atoms with Crippen LogP contribution in [0.1, 0.15) is 21.9 Å². The Kier molecular flexibility index (Phi) is 4.31. The molecule has 0 aliphatic carbocycles. The van der Waals surface area contributed by atoms with Crippen molar-refractivity contribution in [2.45, 2.75) is 6.92 Å². The maximum Gasteiger partial charge on any atom is 0.285 e. The number of amides is 2. The van der Waals surface area contributed by atoms with Gasteiger partial charge in [0.25, 0.3) is 11.8 Å². The number of thioether (sulfide) groups is 1. The van der Waals surface area contributed by atoms with E-state index in [1.54, 1.807) is 36.4 Å². The first kappa shape index (κ1) is 15.5. The lowest BCUT2D eigenvalue weighted by Crippen LogP contribution is -2.44. The number of furan rings is 1. The van der Waals surface area contributed by atoms with Gasteiger partial charge in [0, 0.05) is 11.6 Å². The van der Waals surface area contributed by atoms with E-state index in [4.69, 9.17) is 16.6 Å². The van der Waals surface area contributed by atoms with Gasteiger partial charge in [-0.05, 0) is 43.4 Å². The fourth-order valence-electron chi connectivity index (χ4n) is 1.98. The monoisotopic (exact) mass is 344 g/mol. The van der Waals surface area contributed by atoms with Crippen LogP contribution in [0.2, 0.25) is 0 Å². The Labute approximate surface area is 142 Å². The van der Waals surface area contributed by atoms with E-state index in [9.17, 15) is 9.59 Å². The number of benzene rings is 1. The molecule has 1 fully saturated rings. The number of hydrogen-bond acceptors (Lipinski definition) is 5. The molecule has 1 saturated heterocycles. The number of carbonyl (C=O) groups excluding carboxylic acids is 2. The smallest absolute Gasteiger partial charge is 0.285 e. The molecular weight excluding hydrogens is 332 g/mol. The van der Waals surface area contributed by atoms with Crippen LogP contribution in [-0.2, 0) is 4.79 Å². The van der Waals surface area contributed by atoms with E-state index < -0.39 is 5.91 Å². The SMILES string of the molecule is Cc1ccc(C=C2SC(=S)N(NC(=O)c3ccccc3)C2=O)o1. The lowest BCUT2D eigenvalue weighted by atomic mass is 10.2. The van der Waals surface area contributed by atoms with Crippen molar-refractivity contribution in [3.05, 3.63) is 64.5 Å². The van der Waals surface area contributed by atoms with E-state index in [0.717, 1.165) is 22.5 Å². The summed E-state index contributed by atoms with van der Waals surface area (Å²) in [4.78, 5) is 24.9. The molecule has 1 aliphatic heterocycles. The predicted octanol–water partition coefficient (Wildman–Crippen LogP) is 3.13. The molecule has 7 heteroatoms. The molecule has 2 heterocycles. The number of thiocarbonyl (C=S) groups is 1. The fraction of sp³-hybridized carbons (Fsp3) is 0.0625. The molecule has 2 amide bonds. The van der Waals surface area contributed by atoms with Gasteiger partial charge in [0.05, 0.1) is 4.91 Å². The average molecular weight is 344 g/mol. The maximum absolute atomic E-state index is 12.4. The van der Waals surface area contributed by atoms with Crippen LogP contribution in [0, 0.1) is 6.92 Å². The van der Waals surface area contributed by atoms with Crippen molar-refractivity contribution in [3.63, 3.8) is 0 Å². The van der Waals surface area contributed by atoms with Gasteiger partial charge in [-0.1, -0.05) is 30.0 Å². The van der Waals surface area contributed by atoms with Crippen molar-refractivity contribution in [2.75, 3.05) is 0 Å². The van der Waals surface area contributed by atoms with Gasteiger partial charge < -0.3 is 4.42 Å². The summed E-state index contributed by atoms with van der Waals surface area (Å²) >= 11 is 6.28. The number of nitrogens with one attached hydrogen (secondary N) is 1. The summed E-state index contributed by atoms with van der Waals surface area (Å²) in [5.41, 5.74) is 2.98. The molecule has 1 N–H and O–H groups in total. The zero-order valence-corrected chi connectivity index (χ0v) is 13.7. The Hall–Kier alpha value is -2.38. The first-order valence-corrected chi connectivity index (χ1v) is 7.97. The third kappa shape index (κ3) is 3.35. The van der Waals surface area contributed by atoms with Gasteiger partial charge in [0.1, 0.15) is 11.5 Å². The molecule has 0 radical (unpaired) electrons. The van der Waals surface area contributed by atoms with Crippen LogP contribution in [0.15, 0.2) is 51.8 Å². The highest BCUT2D eigenvalue weighted by Crippen LogP contribution is 2.31. The molecule has 1 aromatic heterocycles. The van der Waals surface area contributed by atoms with Gasteiger partial charge in [-0.15, -0.1) is 0 Å². The van der Waals surface area contributed by atoms with E-state index in [1.807, 2.05) is 19.1 Å². The highest BCUT2D eigenvalue weighted by molar-refractivity contribution is 8.26. The molecular formula is C16H12N2O3S2. The highest BCUT2D eigenvalue weighted by Gasteiger charge is 2.34. The Morgan fingerprint density at radius 3 is 2.65 bits per heavy atom. The normalized spacial score (nSPS) is 16.2. The number of carbonyl (C=O) groups is 2. The third-order valence-electron chi connectivity index (χ3n) is 3.08. The average Bonchev–Trinajstić information content (AvgIpc) is 3.07. The molecule has 5 nitrogen and oxygen atoms in total. The summed E-state index contributed by atoms with van der Waals surface area (Å²) in [6, 6.07) is 12.2. The van der Waals surface area contributed by atoms with Crippen molar-refractivity contribution in [2.24, 2.45) is 0 Å². The number of hydrogen-bond donors (Lipinski definition) is 1. The molecule has 116 valence electrons. The van der Waals surface area contributed by atoms with E-state index in [-0.39, 0.29) is 10.2 Å². The van der Waals surface area contributed by atoms with Crippen LogP contribution in [0.25, 0.3) is 6.08 Å². The zero-order valence-electron chi connectivity index (χ0n) is 12.1. The molecule has 0 saturated carbocycles. The van der Waals surface area contributed by atoms with Gasteiger partial charge >= 0.3 is 0 Å². The second-order valence-corrected chi connectivity index (χ2v) is 6.45. The lowest BCUT2D eigenvalue weighted by molar-refractivity contribution is -0.123. The molecule has 1 aliphatic rings. The van der Waals surface area contributed by atoms with Crippen LogP contribution in [0.5, 0.6) is 0 Å². The van der Waals surface area contributed by atoms with E-state index in [1.165, 1.54) is 0 Å². The Balaban J connectivity index is 1.77. The zero-order chi connectivity index (χ0) is 16.4. The minimum Gasteiger partial charge on any atom is -0.462 e. The maximum atomic E-state index is 12.4. The molecule has 1 aromatic carbocycles. The summed E-state index contributed by atoms with van der Waals surface area (Å²) < 4.78 is 5.70.